The van der Waals surface area contributed by atoms with Crippen LogP contribution in [0.15, 0.2) is 59.5 Å². The fourth-order valence-corrected chi connectivity index (χ4v) is 5.46. The summed E-state index contributed by atoms with van der Waals surface area (Å²) in [4.78, 5) is 26.8. The van der Waals surface area contributed by atoms with E-state index in [1.165, 1.54) is 48.7 Å². The number of halogens is 4. The minimum absolute atomic E-state index is 0.0207. The van der Waals surface area contributed by atoms with Crippen molar-refractivity contribution in [1.82, 2.24) is 10.3 Å². The van der Waals surface area contributed by atoms with E-state index >= 15 is 8.78 Å². The molecule has 0 unspecified atom stereocenters. The Morgan fingerprint density at radius 1 is 1.18 bits per heavy atom. The molecule has 0 saturated carbocycles. The first-order chi connectivity index (χ1) is 18.4. The Kier molecular flexibility index (Phi) is 8.03. The van der Waals surface area contributed by atoms with Crippen LogP contribution >= 0.6 is 23.2 Å². The number of H-pyrrole nitrogens is 1. The van der Waals surface area contributed by atoms with Crippen molar-refractivity contribution >= 4 is 35.0 Å². The van der Waals surface area contributed by atoms with Gasteiger partial charge in [0.25, 0.3) is 0 Å². The number of nitrogens with zero attached hydrogens (tertiary/aromatic N) is 1. The number of carbonyl (C=O) groups excluding carboxylic acids is 1. The maximum atomic E-state index is 15.6. The number of nitrogens with one attached hydrogen (secondary N) is 3. The van der Waals surface area contributed by atoms with Crippen molar-refractivity contribution < 1.29 is 18.3 Å². The molecule has 1 aliphatic heterocycles. The number of amides is 1. The summed E-state index contributed by atoms with van der Waals surface area (Å²) in [6.07, 6.45) is -0.595. The zero-order valence-corrected chi connectivity index (χ0v) is 22.8. The van der Waals surface area contributed by atoms with Crippen molar-refractivity contribution in [3.05, 3.63) is 97.9 Å². The van der Waals surface area contributed by atoms with Gasteiger partial charge in [-0.15, -0.1) is 0 Å². The highest BCUT2D eigenvalue weighted by molar-refractivity contribution is 6.31. The van der Waals surface area contributed by atoms with E-state index in [-0.39, 0.29) is 37.8 Å². The molecule has 4 rings (SSSR count). The lowest BCUT2D eigenvalue weighted by atomic mass is 9.63. The van der Waals surface area contributed by atoms with Crippen LogP contribution in [0.5, 0.6) is 0 Å². The molecular weight excluding hydrogens is 549 g/mol. The molecule has 2 heterocycles. The fraction of sp³-hybridized carbons (Fsp3) is 0.321. The Morgan fingerprint density at radius 2 is 1.92 bits per heavy atom. The lowest BCUT2D eigenvalue weighted by Gasteiger charge is -2.37. The first-order valence-corrected chi connectivity index (χ1v) is 12.8. The second-order valence-corrected chi connectivity index (χ2v) is 11.4. The number of carbonyl (C=O) groups is 1. The second kappa shape index (κ2) is 11.0. The molecule has 11 heteroatoms. The lowest BCUT2D eigenvalue weighted by Crippen LogP contribution is -2.44. The number of rotatable bonds is 5. The van der Waals surface area contributed by atoms with Gasteiger partial charge in [0.1, 0.15) is 17.0 Å². The summed E-state index contributed by atoms with van der Waals surface area (Å²) in [6.45, 7) is 5.84. The van der Waals surface area contributed by atoms with Crippen molar-refractivity contribution in [3.63, 3.8) is 0 Å². The van der Waals surface area contributed by atoms with Gasteiger partial charge in [-0.05, 0) is 41.7 Å². The summed E-state index contributed by atoms with van der Waals surface area (Å²) in [5, 5.41) is 16.4. The molecule has 0 spiro atoms. The van der Waals surface area contributed by atoms with Gasteiger partial charge in [0.2, 0.25) is 5.56 Å². The normalized spacial score (nSPS) is 22.8. The monoisotopic (exact) mass is 574 g/mol. The van der Waals surface area contributed by atoms with Gasteiger partial charge >= 0.3 is 6.09 Å². The Balaban J connectivity index is 1.88. The van der Waals surface area contributed by atoms with Crippen molar-refractivity contribution in [1.29, 1.82) is 5.26 Å². The Bertz CT molecular complexity index is 1480. The molecule has 39 heavy (non-hydrogen) atoms. The molecule has 1 aliphatic rings. The smallest absolute Gasteiger partial charge is 0.413 e. The van der Waals surface area contributed by atoms with E-state index in [0.717, 1.165) is 6.07 Å². The summed E-state index contributed by atoms with van der Waals surface area (Å²) in [5.41, 5.74) is -2.28. The summed E-state index contributed by atoms with van der Waals surface area (Å²) >= 11 is 12.1. The van der Waals surface area contributed by atoms with Crippen LogP contribution < -0.4 is 16.2 Å². The van der Waals surface area contributed by atoms with Crippen LogP contribution in [0.25, 0.3) is 0 Å². The summed E-state index contributed by atoms with van der Waals surface area (Å²) in [7, 11) is 0. The molecule has 1 amide bonds. The number of hydrogen-bond donors (Lipinski definition) is 3. The molecule has 0 bridgehead atoms. The molecule has 204 valence electrons. The molecule has 1 fully saturated rings. The molecule has 3 aromatic rings. The SMILES string of the molecule is CC(C)(C)C[C@H]1N[C@@H](OC(=O)Nc2ccc(=O)[nH]c2)[C@@H](c2cccc(Cl)c2F)[C@]1(C#N)c1ccc(Cl)cc1F. The lowest BCUT2D eigenvalue weighted by molar-refractivity contribution is 0.0851. The topological polar surface area (TPSA) is 107 Å². The highest BCUT2D eigenvalue weighted by Crippen LogP contribution is 2.53. The van der Waals surface area contributed by atoms with Crippen LogP contribution in [0.3, 0.4) is 0 Å². The molecule has 2 aromatic carbocycles. The van der Waals surface area contributed by atoms with Crippen LogP contribution in [-0.2, 0) is 10.2 Å². The third-order valence-corrected chi connectivity index (χ3v) is 7.19. The van der Waals surface area contributed by atoms with E-state index in [2.05, 4.69) is 21.7 Å². The number of benzene rings is 2. The number of hydrogen-bond acceptors (Lipinski definition) is 5. The van der Waals surface area contributed by atoms with Gasteiger partial charge in [0, 0.05) is 28.9 Å². The third kappa shape index (κ3) is 5.78. The van der Waals surface area contributed by atoms with E-state index in [1.54, 1.807) is 0 Å². The van der Waals surface area contributed by atoms with E-state index in [9.17, 15) is 14.9 Å². The highest BCUT2D eigenvalue weighted by Gasteiger charge is 2.61. The highest BCUT2D eigenvalue weighted by atomic mass is 35.5. The van der Waals surface area contributed by atoms with Gasteiger partial charge in [0.15, 0.2) is 6.23 Å². The number of aromatic nitrogens is 1. The van der Waals surface area contributed by atoms with Crippen LogP contribution in [0.1, 0.15) is 44.2 Å². The number of nitriles is 1. The molecule has 3 N–H and O–H groups in total. The molecular formula is C28H26Cl2F2N4O3. The summed E-state index contributed by atoms with van der Waals surface area (Å²) in [5.74, 6) is -2.79. The van der Waals surface area contributed by atoms with Crippen molar-refractivity contribution in [2.45, 2.75) is 50.8 Å². The van der Waals surface area contributed by atoms with Gasteiger partial charge in [0.05, 0.1) is 22.7 Å². The molecule has 0 aliphatic carbocycles. The molecule has 1 saturated heterocycles. The summed E-state index contributed by atoms with van der Waals surface area (Å²) in [6, 6.07) is 12.3. The molecule has 4 atom stereocenters. The van der Waals surface area contributed by atoms with Crippen LogP contribution in [0, 0.1) is 28.4 Å². The quantitative estimate of drug-likeness (QED) is 0.323. The van der Waals surface area contributed by atoms with E-state index < -0.39 is 41.3 Å². The average molecular weight is 575 g/mol. The predicted octanol–water partition coefficient (Wildman–Crippen LogP) is 6.49. The van der Waals surface area contributed by atoms with Gasteiger partial charge in [-0.3, -0.25) is 15.4 Å². The van der Waals surface area contributed by atoms with Crippen LogP contribution in [-0.4, -0.2) is 23.3 Å². The van der Waals surface area contributed by atoms with Crippen molar-refractivity contribution in [2.75, 3.05) is 5.32 Å². The third-order valence-electron chi connectivity index (χ3n) is 6.67. The number of anilines is 1. The minimum atomic E-state index is -1.74. The standard InChI is InChI=1S/C28H26Cl2F2N4O3/c1-27(2,3)12-21-28(14-33,18-9-7-15(29)11-20(18)31)23(17-5-4-6-19(30)24(17)32)25(36-21)39-26(38)35-16-8-10-22(37)34-13-16/h4-11,13,21,23,25,36H,12H2,1-3H3,(H,34,37)(H,35,38)/t21-,23-,25+,28-/m1/s1. The van der Waals surface area contributed by atoms with E-state index in [4.69, 9.17) is 27.9 Å². The summed E-state index contributed by atoms with van der Waals surface area (Å²) < 4.78 is 36.9. The molecule has 1 aromatic heterocycles. The van der Waals surface area contributed by atoms with Gasteiger partial charge < -0.3 is 9.72 Å². The number of pyridine rings is 1. The zero-order valence-electron chi connectivity index (χ0n) is 21.3. The van der Waals surface area contributed by atoms with E-state index in [0.29, 0.717) is 6.42 Å². The fourth-order valence-electron chi connectivity index (χ4n) is 5.12. The second-order valence-electron chi connectivity index (χ2n) is 10.6. The van der Waals surface area contributed by atoms with Gasteiger partial charge in [-0.2, -0.15) is 5.26 Å². The largest absolute Gasteiger partial charge is 0.429 e. The van der Waals surface area contributed by atoms with E-state index in [1.807, 2.05) is 20.8 Å². The Hall–Kier alpha value is -3.45. The first kappa shape index (κ1) is 28.6. The minimum Gasteiger partial charge on any atom is -0.429 e. The van der Waals surface area contributed by atoms with Gasteiger partial charge in [-0.1, -0.05) is 62.2 Å². The number of aromatic amines is 1. The average Bonchev–Trinajstić information content (AvgIpc) is 3.13. The maximum Gasteiger partial charge on any atom is 0.413 e. The van der Waals surface area contributed by atoms with Crippen LogP contribution in [0.2, 0.25) is 10.0 Å². The molecule has 0 radical (unpaired) electrons. The zero-order chi connectivity index (χ0) is 28.5. The Morgan fingerprint density at radius 3 is 2.54 bits per heavy atom. The first-order valence-electron chi connectivity index (χ1n) is 12.1. The van der Waals surface area contributed by atoms with Crippen LogP contribution in [0.4, 0.5) is 19.3 Å². The van der Waals surface area contributed by atoms with Crippen molar-refractivity contribution in [2.24, 2.45) is 5.41 Å². The predicted molar refractivity (Wildman–Crippen MR) is 145 cm³/mol. The van der Waals surface area contributed by atoms with Crippen molar-refractivity contribution in [3.8, 4) is 6.07 Å². The molecule has 7 nitrogen and oxygen atoms in total. The Labute approximate surface area is 234 Å². The maximum absolute atomic E-state index is 15.6. The van der Waals surface area contributed by atoms with Gasteiger partial charge in [-0.25, -0.2) is 13.6 Å². The number of ether oxygens (including phenoxy) is 1.